The van der Waals surface area contributed by atoms with Crippen molar-refractivity contribution in [3.8, 4) is 0 Å². The monoisotopic (exact) mass is 395 g/mol. The van der Waals surface area contributed by atoms with E-state index in [9.17, 15) is 5.11 Å². The summed E-state index contributed by atoms with van der Waals surface area (Å²) in [7, 11) is 1.56. The number of oxime groups is 1. The average molecular weight is 396 g/mol. The average Bonchev–Trinajstić information content (AvgIpc) is 2.74. The molecule has 1 aromatic carbocycles. The Morgan fingerprint density at radius 2 is 1.97 bits per heavy atom. The quantitative estimate of drug-likeness (QED) is 0.384. The van der Waals surface area contributed by atoms with Crippen molar-refractivity contribution in [1.82, 2.24) is 4.90 Å². The van der Waals surface area contributed by atoms with Crippen LogP contribution >= 0.6 is 0 Å². The molecule has 2 rings (SSSR count). The molecule has 0 radical (unpaired) electrons. The molecule has 1 fully saturated rings. The van der Waals surface area contributed by atoms with Crippen molar-refractivity contribution in [3.63, 3.8) is 0 Å². The maximum Gasteiger partial charge on any atom is 0.119 e. The van der Waals surface area contributed by atoms with E-state index in [1.54, 1.807) is 13.2 Å². The van der Waals surface area contributed by atoms with Gasteiger partial charge in [-0.05, 0) is 32.3 Å². The summed E-state index contributed by atoms with van der Waals surface area (Å²) in [6.07, 6.45) is 8.13. The van der Waals surface area contributed by atoms with Crippen molar-refractivity contribution in [2.75, 3.05) is 26.7 Å². The second-order valence-electron chi connectivity index (χ2n) is 7.13. The van der Waals surface area contributed by atoms with Crippen LogP contribution in [0, 0.1) is 0 Å². The van der Waals surface area contributed by atoms with E-state index in [1.807, 2.05) is 43.3 Å². The first kappa shape index (κ1) is 22.8. The van der Waals surface area contributed by atoms with E-state index in [4.69, 9.17) is 9.83 Å². The lowest BCUT2D eigenvalue weighted by atomic mass is 9.98. The summed E-state index contributed by atoms with van der Waals surface area (Å²) in [6.45, 7) is 10.5. The van der Waals surface area contributed by atoms with Gasteiger partial charge in [0.15, 0.2) is 0 Å². The maximum absolute atomic E-state index is 9.78. The molecule has 1 saturated heterocycles. The molecule has 156 valence electrons. The van der Waals surface area contributed by atoms with Gasteiger partial charge in [-0.2, -0.15) is 0 Å². The van der Waals surface area contributed by atoms with Gasteiger partial charge in [0.1, 0.15) is 12.8 Å². The van der Waals surface area contributed by atoms with Gasteiger partial charge in [-0.1, -0.05) is 61.1 Å². The lowest BCUT2D eigenvalue weighted by molar-refractivity contribution is 0.0880. The molecular formula is C24H33N3O2. The molecule has 0 saturated carbocycles. The molecule has 5 heteroatoms. The zero-order valence-corrected chi connectivity index (χ0v) is 17.8. The minimum absolute atomic E-state index is 0.183. The van der Waals surface area contributed by atoms with Gasteiger partial charge in [0.05, 0.1) is 11.8 Å². The third kappa shape index (κ3) is 7.11. The smallest absolute Gasteiger partial charge is 0.119 e. The fourth-order valence-electron chi connectivity index (χ4n) is 3.17. The van der Waals surface area contributed by atoms with Gasteiger partial charge in [0.2, 0.25) is 0 Å². The van der Waals surface area contributed by atoms with E-state index in [0.29, 0.717) is 0 Å². The number of hydrogen-bond donors (Lipinski definition) is 1. The number of aliphatic hydroxyl groups is 1. The summed E-state index contributed by atoms with van der Waals surface area (Å²) >= 11 is 0. The largest absolute Gasteiger partial charge is 0.399 e. The molecule has 1 heterocycles. The number of nitrogens with zero attached hydrogens (tertiary/aromatic N) is 3. The van der Waals surface area contributed by atoms with Crippen molar-refractivity contribution in [1.29, 1.82) is 0 Å². The van der Waals surface area contributed by atoms with Crippen LogP contribution in [0.1, 0.15) is 38.7 Å². The number of rotatable bonds is 9. The Morgan fingerprint density at radius 3 is 2.55 bits per heavy atom. The van der Waals surface area contributed by atoms with Crippen molar-refractivity contribution < 1.29 is 9.94 Å². The van der Waals surface area contributed by atoms with Gasteiger partial charge in [0, 0.05) is 36.5 Å². The third-order valence-electron chi connectivity index (χ3n) is 4.97. The maximum atomic E-state index is 9.78. The summed E-state index contributed by atoms with van der Waals surface area (Å²) < 4.78 is 0. The van der Waals surface area contributed by atoms with Crippen LogP contribution in [0.5, 0.6) is 0 Å². The Labute approximate surface area is 174 Å². The molecule has 1 N–H and O–H groups in total. The molecule has 0 aliphatic carbocycles. The minimum Gasteiger partial charge on any atom is -0.399 e. The Bertz CT molecular complexity index is 771. The van der Waals surface area contributed by atoms with E-state index in [-0.39, 0.29) is 6.10 Å². The zero-order valence-electron chi connectivity index (χ0n) is 17.8. The van der Waals surface area contributed by atoms with Gasteiger partial charge < -0.3 is 9.94 Å². The van der Waals surface area contributed by atoms with Crippen LogP contribution in [0.25, 0.3) is 0 Å². The summed E-state index contributed by atoms with van der Waals surface area (Å²) in [5.41, 5.74) is 4.47. The topological polar surface area (TPSA) is 57.4 Å². The van der Waals surface area contributed by atoms with E-state index < -0.39 is 0 Å². The second kappa shape index (κ2) is 12.1. The third-order valence-corrected chi connectivity index (χ3v) is 4.97. The molecule has 0 unspecified atom stereocenters. The lowest BCUT2D eigenvalue weighted by Crippen LogP contribution is -2.36. The highest BCUT2D eigenvalue weighted by Crippen LogP contribution is 2.21. The van der Waals surface area contributed by atoms with Crippen LogP contribution in [0.3, 0.4) is 0 Å². The first-order valence-electron chi connectivity index (χ1n) is 10.2. The number of likely N-dealkylation sites (tertiary alicyclic amines) is 1. The minimum atomic E-state index is -0.183. The Hall–Kier alpha value is -2.50. The van der Waals surface area contributed by atoms with E-state index >= 15 is 0 Å². The molecule has 0 spiro atoms. The lowest BCUT2D eigenvalue weighted by Gasteiger charge is -2.28. The molecule has 1 aliphatic heterocycles. The van der Waals surface area contributed by atoms with Crippen LogP contribution in [0.4, 0.5) is 0 Å². The highest BCUT2D eigenvalue weighted by Gasteiger charge is 2.19. The SMILES string of the molecule is C=C/C=C(N=C(C)CC)/C(=C\CN1CCC(O)CC1)C(=N\OC)/c1ccccc1. The Balaban J connectivity index is 2.47. The fraction of sp³-hybridized carbons (Fsp3) is 0.417. The summed E-state index contributed by atoms with van der Waals surface area (Å²) in [4.78, 5) is 12.4. The van der Waals surface area contributed by atoms with Crippen molar-refractivity contribution >= 4 is 11.4 Å². The zero-order chi connectivity index (χ0) is 21.1. The van der Waals surface area contributed by atoms with E-state index in [0.717, 1.165) is 67.2 Å². The van der Waals surface area contributed by atoms with Crippen molar-refractivity contribution in [2.24, 2.45) is 10.1 Å². The van der Waals surface area contributed by atoms with Gasteiger partial charge in [-0.25, -0.2) is 0 Å². The van der Waals surface area contributed by atoms with Crippen LogP contribution in [0.2, 0.25) is 0 Å². The van der Waals surface area contributed by atoms with Gasteiger partial charge in [-0.15, -0.1) is 0 Å². The van der Waals surface area contributed by atoms with Crippen LogP contribution in [-0.2, 0) is 4.84 Å². The van der Waals surface area contributed by atoms with Gasteiger partial charge >= 0.3 is 0 Å². The molecule has 0 bridgehead atoms. The number of hydrogen-bond acceptors (Lipinski definition) is 5. The van der Waals surface area contributed by atoms with Crippen LogP contribution < -0.4 is 0 Å². The van der Waals surface area contributed by atoms with E-state index in [1.165, 1.54) is 0 Å². The number of piperidine rings is 1. The van der Waals surface area contributed by atoms with Crippen molar-refractivity contribution in [3.05, 3.63) is 72.0 Å². The van der Waals surface area contributed by atoms with Crippen LogP contribution in [-0.4, -0.2) is 54.3 Å². The second-order valence-corrected chi connectivity index (χ2v) is 7.13. The fourth-order valence-corrected chi connectivity index (χ4v) is 3.17. The predicted molar refractivity (Wildman–Crippen MR) is 121 cm³/mol. The van der Waals surface area contributed by atoms with Gasteiger partial charge in [0.25, 0.3) is 0 Å². The molecule has 5 nitrogen and oxygen atoms in total. The number of aliphatic imine (C=N–C) groups is 1. The molecule has 29 heavy (non-hydrogen) atoms. The molecule has 0 aromatic heterocycles. The molecular weight excluding hydrogens is 362 g/mol. The summed E-state index contributed by atoms with van der Waals surface area (Å²) in [5, 5.41) is 14.1. The van der Waals surface area contributed by atoms with E-state index in [2.05, 4.69) is 29.6 Å². The predicted octanol–water partition coefficient (Wildman–Crippen LogP) is 4.36. The summed E-state index contributed by atoms with van der Waals surface area (Å²) in [5.74, 6) is 0. The number of allylic oxidation sites excluding steroid dienone is 3. The Morgan fingerprint density at radius 1 is 1.28 bits per heavy atom. The van der Waals surface area contributed by atoms with Crippen molar-refractivity contribution in [2.45, 2.75) is 39.2 Å². The molecule has 0 amide bonds. The first-order chi connectivity index (χ1) is 14.1. The van der Waals surface area contributed by atoms with Gasteiger partial charge in [-0.3, -0.25) is 9.89 Å². The Kier molecular flexibility index (Phi) is 9.54. The normalized spacial score (nSPS) is 18.1. The standard InChI is InChI=1S/C24H33N3O2/c1-5-10-23(25-19(3)6-2)22(15-18-27-16-13-21(28)14-17-27)24(26-29-4)20-11-8-7-9-12-20/h5,7-12,15,21,28H,1,6,13-14,16-18H2,2-4H3/b22-15+,23-10-,25-19?,26-24-. The highest BCUT2D eigenvalue weighted by molar-refractivity contribution is 6.15. The number of aliphatic hydroxyl groups excluding tert-OH is 1. The molecule has 1 aromatic rings. The first-order valence-corrected chi connectivity index (χ1v) is 10.2. The highest BCUT2D eigenvalue weighted by atomic mass is 16.6. The summed E-state index contributed by atoms with van der Waals surface area (Å²) in [6, 6.07) is 10.00. The van der Waals surface area contributed by atoms with Crippen LogP contribution in [0.15, 0.2) is 76.6 Å². The number of benzene rings is 1. The molecule has 1 aliphatic rings. The molecule has 0 atom stereocenters.